The third-order valence-corrected chi connectivity index (χ3v) is 5.72. The van der Waals surface area contributed by atoms with Crippen LogP contribution >= 0.6 is 0 Å². The van der Waals surface area contributed by atoms with E-state index in [0.29, 0.717) is 37.1 Å². The number of carbonyl (C=O) groups is 1. The van der Waals surface area contributed by atoms with Crippen molar-refractivity contribution >= 4 is 5.91 Å². The lowest BCUT2D eigenvalue weighted by Crippen LogP contribution is -2.29. The summed E-state index contributed by atoms with van der Waals surface area (Å²) < 4.78 is 5.83. The van der Waals surface area contributed by atoms with Crippen LogP contribution in [0.5, 0.6) is 0 Å². The Morgan fingerprint density at radius 3 is 2.52 bits per heavy atom. The molecule has 2 heterocycles. The van der Waals surface area contributed by atoms with Gasteiger partial charge in [-0.25, -0.2) is 4.98 Å². The number of nitrogens with two attached hydrogens (primary N) is 1. The lowest BCUT2D eigenvalue weighted by molar-refractivity contribution is -0.130. The topological polar surface area (TPSA) is 72.4 Å². The first-order valence-electron chi connectivity index (χ1n) is 10.3. The van der Waals surface area contributed by atoms with E-state index in [1.807, 2.05) is 53.4 Å². The normalized spacial score (nSPS) is 18.9. The molecular weight excluding hydrogens is 362 g/mol. The van der Waals surface area contributed by atoms with E-state index < -0.39 is 0 Å². The van der Waals surface area contributed by atoms with Crippen molar-refractivity contribution in [1.82, 2.24) is 9.88 Å². The van der Waals surface area contributed by atoms with E-state index in [9.17, 15) is 4.79 Å². The standard InChI is InChI=1S/C24H27N3O2/c25-14-20-16-27(17-21(20)18-8-3-1-4-9-18)24(28)13-7-12-23-26-15-22(29-23)19-10-5-2-6-11-19/h1-6,8-11,15,20-21H,7,12-14,16-17,25H2/t20-,21+/m1/s1. The highest BCUT2D eigenvalue weighted by Crippen LogP contribution is 2.32. The van der Waals surface area contributed by atoms with Crippen molar-refractivity contribution in [2.75, 3.05) is 19.6 Å². The number of hydrogen-bond donors (Lipinski definition) is 1. The Kier molecular flexibility index (Phi) is 6.06. The summed E-state index contributed by atoms with van der Waals surface area (Å²) in [6.45, 7) is 2.09. The maximum Gasteiger partial charge on any atom is 0.222 e. The first kappa shape index (κ1) is 19.4. The summed E-state index contributed by atoms with van der Waals surface area (Å²) in [5.74, 6) is 2.28. The maximum atomic E-state index is 12.7. The molecule has 150 valence electrons. The average molecular weight is 389 g/mol. The van der Waals surface area contributed by atoms with E-state index in [4.69, 9.17) is 10.2 Å². The van der Waals surface area contributed by atoms with Gasteiger partial charge in [-0.1, -0.05) is 60.7 Å². The van der Waals surface area contributed by atoms with Crippen LogP contribution in [0, 0.1) is 5.92 Å². The highest BCUT2D eigenvalue weighted by Gasteiger charge is 2.34. The molecule has 1 amide bonds. The number of amides is 1. The number of rotatable bonds is 7. The molecule has 5 nitrogen and oxygen atoms in total. The first-order chi connectivity index (χ1) is 14.2. The molecule has 2 N–H and O–H groups in total. The molecule has 0 aliphatic carbocycles. The Morgan fingerprint density at radius 1 is 1.07 bits per heavy atom. The average Bonchev–Trinajstić information content (AvgIpc) is 3.42. The fourth-order valence-electron chi connectivity index (χ4n) is 4.10. The zero-order valence-electron chi connectivity index (χ0n) is 16.5. The number of aryl methyl sites for hydroxylation is 1. The molecule has 1 aromatic heterocycles. The van der Waals surface area contributed by atoms with E-state index in [-0.39, 0.29) is 5.91 Å². The van der Waals surface area contributed by atoms with Crippen molar-refractivity contribution in [2.24, 2.45) is 11.7 Å². The van der Waals surface area contributed by atoms with Crippen LogP contribution in [0.25, 0.3) is 11.3 Å². The summed E-state index contributed by atoms with van der Waals surface area (Å²) in [7, 11) is 0. The summed E-state index contributed by atoms with van der Waals surface area (Å²) in [5.41, 5.74) is 8.27. The molecule has 2 atom stereocenters. The van der Waals surface area contributed by atoms with Gasteiger partial charge in [0.1, 0.15) is 0 Å². The summed E-state index contributed by atoms with van der Waals surface area (Å²) in [6, 6.07) is 20.3. The van der Waals surface area contributed by atoms with Gasteiger partial charge in [0.25, 0.3) is 0 Å². The Bertz CT molecular complexity index is 924. The zero-order chi connectivity index (χ0) is 20.1. The monoisotopic (exact) mass is 389 g/mol. The number of likely N-dealkylation sites (tertiary alicyclic amines) is 1. The highest BCUT2D eigenvalue weighted by atomic mass is 16.4. The van der Waals surface area contributed by atoms with Gasteiger partial charge in [0.2, 0.25) is 5.91 Å². The van der Waals surface area contributed by atoms with Crippen molar-refractivity contribution in [2.45, 2.75) is 25.2 Å². The summed E-state index contributed by atoms with van der Waals surface area (Å²) in [6.07, 6.45) is 3.65. The minimum absolute atomic E-state index is 0.191. The maximum absolute atomic E-state index is 12.7. The summed E-state index contributed by atoms with van der Waals surface area (Å²) >= 11 is 0. The van der Waals surface area contributed by atoms with E-state index in [0.717, 1.165) is 30.8 Å². The van der Waals surface area contributed by atoms with Crippen molar-refractivity contribution in [3.8, 4) is 11.3 Å². The Balaban J connectivity index is 1.30. The molecule has 29 heavy (non-hydrogen) atoms. The van der Waals surface area contributed by atoms with Gasteiger partial charge in [-0.3, -0.25) is 4.79 Å². The lowest BCUT2D eigenvalue weighted by atomic mass is 9.89. The molecule has 0 radical (unpaired) electrons. The molecule has 1 fully saturated rings. The molecule has 0 spiro atoms. The van der Waals surface area contributed by atoms with E-state index in [2.05, 4.69) is 17.1 Å². The molecule has 1 aliphatic heterocycles. The number of oxazole rings is 1. The lowest BCUT2D eigenvalue weighted by Gasteiger charge is -2.16. The Hall–Kier alpha value is -2.92. The third kappa shape index (κ3) is 4.57. The van der Waals surface area contributed by atoms with E-state index in [1.165, 1.54) is 5.56 Å². The molecule has 0 unspecified atom stereocenters. The highest BCUT2D eigenvalue weighted by molar-refractivity contribution is 5.76. The van der Waals surface area contributed by atoms with Gasteiger partial charge in [0.05, 0.1) is 6.20 Å². The molecule has 1 aliphatic rings. The molecule has 0 bridgehead atoms. The van der Waals surface area contributed by atoms with Gasteiger partial charge in [-0.05, 0) is 24.4 Å². The van der Waals surface area contributed by atoms with E-state index in [1.54, 1.807) is 6.20 Å². The predicted molar refractivity (Wildman–Crippen MR) is 113 cm³/mol. The fourth-order valence-corrected chi connectivity index (χ4v) is 4.10. The second-order valence-electron chi connectivity index (χ2n) is 7.65. The molecule has 2 aromatic carbocycles. The second kappa shape index (κ2) is 9.05. The van der Waals surface area contributed by atoms with Crippen molar-refractivity contribution in [3.05, 3.63) is 78.3 Å². The van der Waals surface area contributed by atoms with Crippen LogP contribution < -0.4 is 5.73 Å². The molecule has 5 heteroatoms. The minimum atomic E-state index is 0.191. The number of nitrogens with zero attached hydrogens (tertiary/aromatic N) is 2. The predicted octanol–water partition coefficient (Wildman–Crippen LogP) is 3.87. The minimum Gasteiger partial charge on any atom is -0.441 e. The van der Waals surface area contributed by atoms with Crippen molar-refractivity contribution in [1.29, 1.82) is 0 Å². The Morgan fingerprint density at radius 2 is 1.79 bits per heavy atom. The molecule has 4 rings (SSSR count). The third-order valence-electron chi connectivity index (χ3n) is 5.72. The van der Waals surface area contributed by atoms with Crippen LogP contribution in [0.4, 0.5) is 0 Å². The van der Waals surface area contributed by atoms with Crippen LogP contribution in [0.3, 0.4) is 0 Å². The zero-order valence-corrected chi connectivity index (χ0v) is 16.5. The number of carbonyl (C=O) groups excluding carboxylic acids is 1. The largest absolute Gasteiger partial charge is 0.441 e. The van der Waals surface area contributed by atoms with Crippen molar-refractivity contribution in [3.63, 3.8) is 0 Å². The molecular formula is C24H27N3O2. The van der Waals surface area contributed by atoms with Crippen molar-refractivity contribution < 1.29 is 9.21 Å². The summed E-state index contributed by atoms with van der Waals surface area (Å²) in [4.78, 5) is 19.1. The van der Waals surface area contributed by atoms with Gasteiger partial charge < -0.3 is 15.1 Å². The molecule has 3 aromatic rings. The van der Waals surface area contributed by atoms with Crippen LogP contribution in [-0.2, 0) is 11.2 Å². The van der Waals surface area contributed by atoms with Gasteiger partial charge in [-0.2, -0.15) is 0 Å². The van der Waals surface area contributed by atoms with E-state index >= 15 is 0 Å². The number of benzene rings is 2. The second-order valence-corrected chi connectivity index (χ2v) is 7.65. The van der Waals surface area contributed by atoms with Crippen LogP contribution in [0.2, 0.25) is 0 Å². The smallest absolute Gasteiger partial charge is 0.222 e. The first-order valence-corrected chi connectivity index (χ1v) is 10.3. The van der Waals surface area contributed by atoms with Crippen LogP contribution in [-0.4, -0.2) is 35.4 Å². The number of aromatic nitrogens is 1. The van der Waals surface area contributed by atoms with Crippen LogP contribution in [0.1, 0.15) is 30.2 Å². The molecule has 0 saturated carbocycles. The number of hydrogen-bond acceptors (Lipinski definition) is 4. The molecule has 1 saturated heterocycles. The SMILES string of the molecule is NC[C@@H]1CN(C(=O)CCCc2ncc(-c3ccccc3)o2)C[C@H]1c1ccccc1. The van der Waals surface area contributed by atoms with Gasteiger partial charge in [0, 0.05) is 37.4 Å². The van der Waals surface area contributed by atoms with Crippen LogP contribution in [0.15, 0.2) is 71.3 Å². The Labute approximate surface area is 171 Å². The quantitative estimate of drug-likeness (QED) is 0.666. The summed E-state index contributed by atoms with van der Waals surface area (Å²) in [5, 5.41) is 0. The fraction of sp³-hybridized carbons (Fsp3) is 0.333. The van der Waals surface area contributed by atoms with Gasteiger partial charge >= 0.3 is 0 Å². The van der Waals surface area contributed by atoms with Gasteiger partial charge in [-0.15, -0.1) is 0 Å². The van der Waals surface area contributed by atoms with Gasteiger partial charge in [0.15, 0.2) is 11.7 Å².